The van der Waals surface area contributed by atoms with Crippen molar-refractivity contribution in [3.63, 3.8) is 0 Å². The van der Waals surface area contributed by atoms with Crippen LogP contribution in [0.2, 0.25) is 0 Å². The van der Waals surface area contributed by atoms with Crippen molar-refractivity contribution in [2.75, 3.05) is 47.5 Å². The average molecular weight is 883 g/mol. The third-order valence-corrected chi connectivity index (χ3v) is 12.1. The van der Waals surface area contributed by atoms with Crippen molar-refractivity contribution in [3.05, 3.63) is 36.5 Å². The largest absolute Gasteiger partial charge is 0.472 e. The summed E-state index contributed by atoms with van der Waals surface area (Å²) in [7, 11) is 1.44. The van der Waals surface area contributed by atoms with E-state index in [9.17, 15) is 19.0 Å². The minimum Gasteiger partial charge on any atom is -0.462 e. The Balaban J connectivity index is 2.26. The van der Waals surface area contributed by atoms with Gasteiger partial charge in [-0.2, -0.15) is 0 Å². The molecule has 0 aromatic heterocycles. The Morgan fingerprint density at radius 1 is 0.590 bits per heavy atom. The van der Waals surface area contributed by atoms with Crippen LogP contribution in [0.5, 0.6) is 0 Å². The Kier molecular flexibility index (Phi) is 36.2. The molecule has 1 aliphatic rings. The fraction of sp³-hybridized carbons (Fsp3) is 0.840. The van der Waals surface area contributed by atoms with E-state index in [4.69, 9.17) is 23.3 Å². The van der Waals surface area contributed by atoms with Crippen LogP contribution in [0.1, 0.15) is 206 Å². The second kappa shape index (κ2) is 38.6. The van der Waals surface area contributed by atoms with Crippen LogP contribution in [0.3, 0.4) is 0 Å². The molecule has 0 spiro atoms. The average Bonchev–Trinajstić information content (AvgIpc) is 3.97. The minimum atomic E-state index is -4.40. The van der Waals surface area contributed by atoms with Crippen LogP contribution in [-0.4, -0.2) is 87.1 Å². The molecule has 1 aliphatic heterocycles. The normalized spacial score (nSPS) is 17.1. The Hall–Kier alpha value is -1.81. The van der Waals surface area contributed by atoms with Gasteiger partial charge in [0.15, 0.2) is 6.10 Å². The molecular weight excluding hydrogens is 790 g/mol. The molecule has 0 aromatic rings. The number of hydrogen-bond acceptors (Lipinski definition) is 8. The number of carbonyl (C=O) groups excluding carboxylic acids is 2. The first-order valence-corrected chi connectivity index (χ1v) is 26.3. The van der Waals surface area contributed by atoms with Crippen molar-refractivity contribution in [2.45, 2.75) is 225 Å². The van der Waals surface area contributed by atoms with Gasteiger partial charge in [-0.25, -0.2) is 4.57 Å². The molecule has 0 aromatic carbocycles. The SMILES string of the molecule is CCCCC/C=C\CC1OC1C/C=C\C/C=C\CCCC(=O)O[C@H](COC(=O)CCCCCCCCCCCCCCCCCCCCC)COP(=O)(O)OCC[N+](C)(C)C. The van der Waals surface area contributed by atoms with E-state index in [-0.39, 0.29) is 32.0 Å². The highest BCUT2D eigenvalue weighted by molar-refractivity contribution is 7.47. The first kappa shape index (κ1) is 57.2. The molecule has 10 nitrogen and oxygen atoms in total. The second-order valence-electron chi connectivity index (χ2n) is 18.2. The molecule has 1 N–H and O–H groups in total. The lowest BCUT2D eigenvalue weighted by Crippen LogP contribution is -2.37. The van der Waals surface area contributed by atoms with Gasteiger partial charge in [0.2, 0.25) is 0 Å². The lowest BCUT2D eigenvalue weighted by atomic mass is 10.0. The Labute approximate surface area is 374 Å². The van der Waals surface area contributed by atoms with Gasteiger partial charge in [-0.05, 0) is 51.4 Å². The van der Waals surface area contributed by atoms with Crippen LogP contribution in [0.4, 0.5) is 0 Å². The molecule has 61 heavy (non-hydrogen) atoms. The zero-order valence-corrected chi connectivity index (χ0v) is 40.7. The lowest BCUT2D eigenvalue weighted by Gasteiger charge is -2.24. The van der Waals surface area contributed by atoms with Crippen LogP contribution >= 0.6 is 7.82 Å². The van der Waals surface area contributed by atoms with Crippen molar-refractivity contribution in [1.82, 2.24) is 0 Å². The van der Waals surface area contributed by atoms with E-state index >= 15 is 0 Å². The number of phosphoric acid groups is 1. The van der Waals surface area contributed by atoms with E-state index in [1.54, 1.807) is 0 Å². The lowest BCUT2D eigenvalue weighted by molar-refractivity contribution is -0.870. The van der Waals surface area contributed by atoms with Gasteiger partial charge in [0.1, 0.15) is 19.8 Å². The van der Waals surface area contributed by atoms with Crippen LogP contribution in [-0.2, 0) is 37.4 Å². The van der Waals surface area contributed by atoms with Crippen LogP contribution in [0.25, 0.3) is 0 Å². The third-order valence-electron chi connectivity index (χ3n) is 11.1. The number of phosphoric ester groups is 1. The van der Waals surface area contributed by atoms with Gasteiger partial charge in [0.05, 0.1) is 40.0 Å². The first-order chi connectivity index (χ1) is 29.5. The first-order valence-electron chi connectivity index (χ1n) is 24.8. The molecule has 1 saturated heterocycles. The number of nitrogens with zero attached hydrogens (tertiary/aromatic N) is 1. The smallest absolute Gasteiger partial charge is 0.462 e. The predicted molar refractivity (Wildman–Crippen MR) is 251 cm³/mol. The summed E-state index contributed by atoms with van der Waals surface area (Å²) in [6.07, 6.45) is 46.6. The summed E-state index contributed by atoms with van der Waals surface area (Å²) in [5.41, 5.74) is 0. The maximum atomic E-state index is 12.7. The van der Waals surface area contributed by atoms with E-state index in [0.717, 1.165) is 44.9 Å². The summed E-state index contributed by atoms with van der Waals surface area (Å²) in [6.45, 7) is 4.34. The molecule has 0 amide bonds. The number of unbranched alkanes of at least 4 members (excludes halogenated alkanes) is 22. The molecule has 356 valence electrons. The van der Waals surface area contributed by atoms with Crippen LogP contribution in [0.15, 0.2) is 36.5 Å². The number of allylic oxidation sites excluding steroid dienone is 4. The number of hydrogen-bond donors (Lipinski definition) is 1. The highest BCUT2D eigenvalue weighted by atomic mass is 31.2. The summed E-state index contributed by atoms with van der Waals surface area (Å²) in [4.78, 5) is 35.5. The summed E-state index contributed by atoms with van der Waals surface area (Å²) < 4.78 is 40.1. The topological polar surface area (TPSA) is 121 Å². The summed E-state index contributed by atoms with van der Waals surface area (Å²) in [5, 5.41) is 0. The van der Waals surface area contributed by atoms with E-state index in [2.05, 4.69) is 50.3 Å². The molecule has 0 saturated carbocycles. The van der Waals surface area contributed by atoms with E-state index in [1.807, 2.05) is 21.1 Å². The molecule has 3 unspecified atom stereocenters. The van der Waals surface area contributed by atoms with Crippen molar-refractivity contribution in [1.29, 1.82) is 0 Å². The fourth-order valence-electron chi connectivity index (χ4n) is 7.05. The highest BCUT2D eigenvalue weighted by Gasteiger charge is 2.36. The van der Waals surface area contributed by atoms with Crippen molar-refractivity contribution in [2.24, 2.45) is 0 Å². The summed E-state index contributed by atoms with van der Waals surface area (Å²) in [5.74, 6) is -0.862. The molecule has 0 radical (unpaired) electrons. The number of quaternary nitrogens is 1. The summed E-state index contributed by atoms with van der Waals surface area (Å²) in [6, 6.07) is 0. The quantitative estimate of drug-likeness (QED) is 0.0159. The van der Waals surface area contributed by atoms with Gasteiger partial charge in [-0.3, -0.25) is 18.6 Å². The molecule has 1 rings (SSSR count). The standard InChI is InChI=1S/C50H92NO9P/c1-6-8-10-12-14-15-16-17-18-19-20-21-22-23-24-25-28-32-36-40-49(52)56-44-46(45-58-61(54,55)57-43-42-51(3,4)5)59-50(53)41-37-33-29-26-27-31-35-39-48-47(60-48)38-34-30-13-11-9-7-2/h26,29-31,34-35,46-48H,6-25,27-28,32-33,36-45H2,1-5H3/p+1/b29-26-,34-30-,35-31-/t46-,47?,48?/m1/s1. The Bertz CT molecular complexity index is 1200. The third kappa shape index (κ3) is 39.5. The van der Waals surface area contributed by atoms with E-state index in [1.165, 1.54) is 122 Å². The van der Waals surface area contributed by atoms with Gasteiger partial charge in [-0.15, -0.1) is 0 Å². The number of likely N-dealkylation sites (N-methyl/N-ethyl adjacent to an activating group) is 1. The van der Waals surface area contributed by atoms with Crippen molar-refractivity contribution in [3.8, 4) is 0 Å². The van der Waals surface area contributed by atoms with Gasteiger partial charge in [0, 0.05) is 12.8 Å². The monoisotopic (exact) mass is 883 g/mol. The zero-order chi connectivity index (χ0) is 44.7. The predicted octanol–water partition coefficient (Wildman–Crippen LogP) is 13.5. The molecule has 1 fully saturated rings. The van der Waals surface area contributed by atoms with Gasteiger partial charge < -0.3 is 23.6 Å². The van der Waals surface area contributed by atoms with Crippen molar-refractivity contribution < 1.29 is 46.8 Å². The maximum Gasteiger partial charge on any atom is 0.472 e. The molecule has 4 atom stereocenters. The number of carbonyl (C=O) groups is 2. The Morgan fingerprint density at radius 2 is 1.05 bits per heavy atom. The van der Waals surface area contributed by atoms with Crippen LogP contribution < -0.4 is 0 Å². The Morgan fingerprint density at radius 3 is 1.61 bits per heavy atom. The van der Waals surface area contributed by atoms with Gasteiger partial charge in [0.25, 0.3) is 0 Å². The highest BCUT2D eigenvalue weighted by Crippen LogP contribution is 2.43. The molecule has 1 heterocycles. The molecule has 0 bridgehead atoms. The fourth-order valence-corrected chi connectivity index (χ4v) is 7.79. The zero-order valence-electron chi connectivity index (χ0n) is 39.8. The number of esters is 2. The maximum absolute atomic E-state index is 12.7. The van der Waals surface area contributed by atoms with Crippen LogP contribution in [0, 0.1) is 0 Å². The molecule has 0 aliphatic carbocycles. The summed E-state index contributed by atoms with van der Waals surface area (Å²) >= 11 is 0. The van der Waals surface area contributed by atoms with E-state index < -0.39 is 26.5 Å². The van der Waals surface area contributed by atoms with Crippen molar-refractivity contribution >= 4 is 19.8 Å². The molecule has 11 heteroatoms. The minimum absolute atomic E-state index is 0.0198. The number of rotatable bonds is 44. The van der Waals surface area contributed by atoms with Gasteiger partial charge in [-0.1, -0.05) is 179 Å². The number of epoxide rings is 1. The number of ether oxygens (including phenoxy) is 3. The van der Waals surface area contributed by atoms with E-state index in [0.29, 0.717) is 36.1 Å². The molecular formula is C50H93NO9P+. The van der Waals surface area contributed by atoms with Gasteiger partial charge >= 0.3 is 19.8 Å². The second-order valence-corrected chi connectivity index (χ2v) is 19.7.